The maximum atomic E-state index is 11.7. The molecule has 0 aliphatic carbocycles. The molecule has 72 valence electrons. The van der Waals surface area contributed by atoms with Crippen molar-refractivity contribution >= 4 is 17.1 Å². The molecule has 14 heavy (non-hydrogen) atoms. The van der Waals surface area contributed by atoms with Gasteiger partial charge in [-0.1, -0.05) is 6.07 Å². The number of hydrogen-bond donors (Lipinski definition) is 0. The Bertz CT molecular complexity index is 431. The molecule has 2 aromatic rings. The maximum absolute atomic E-state index is 11.7. The third-order valence-electron chi connectivity index (χ3n) is 2.03. The Morgan fingerprint density at radius 3 is 3.07 bits per heavy atom. The molecule has 0 bridgehead atoms. The highest BCUT2D eigenvalue weighted by atomic mass is 32.1. The first-order chi connectivity index (χ1) is 6.77. The molecule has 0 atom stereocenters. The van der Waals surface area contributed by atoms with Crippen molar-refractivity contribution in [3.05, 3.63) is 40.6 Å². The van der Waals surface area contributed by atoms with Gasteiger partial charge in [0.2, 0.25) is 0 Å². The standard InChI is InChI=1S/C10H10N2OS/c1-8-11-4-5-12(8)7-9(13)10-3-2-6-14-10/h2-6H,7H2,1H3. The van der Waals surface area contributed by atoms with E-state index in [0.717, 1.165) is 10.7 Å². The van der Waals surface area contributed by atoms with Crippen molar-refractivity contribution in [2.24, 2.45) is 0 Å². The van der Waals surface area contributed by atoms with Crippen LogP contribution in [-0.2, 0) is 6.54 Å². The molecule has 0 aromatic carbocycles. The van der Waals surface area contributed by atoms with Gasteiger partial charge in [-0.15, -0.1) is 11.3 Å². The lowest BCUT2D eigenvalue weighted by molar-refractivity contribution is 0.0975. The minimum atomic E-state index is 0.140. The predicted molar refractivity (Wildman–Crippen MR) is 55.6 cm³/mol. The fraction of sp³-hybridized carbons (Fsp3) is 0.200. The van der Waals surface area contributed by atoms with Crippen LogP contribution in [0.4, 0.5) is 0 Å². The van der Waals surface area contributed by atoms with Crippen molar-refractivity contribution < 1.29 is 4.79 Å². The number of carbonyl (C=O) groups is 1. The van der Waals surface area contributed by atoms with E-state index >= 15 is 0 Å². The zero-order valence-electron chi connectivity index (χ0n) is 7.80. The minimum absolute atomic E-state index is 0.140. The monoisotopic (exact) mass is 206 g/mol. The number of aromatic nitrogens is 2. The van der Waals surface area contributed by atoms with Crippen LogP contribution in [0.5, 0.6) is 0 Å². The Balaban J connectivity index is 2.13. The third kappa shape index (κ3) is 1.75. The van der Waals surface area contributed by atoms with Crippen LogP contribution in [0.1, 0.15) is 15.5 Å². The Kier molecular flexibility index (Phi) is 2.45. The molecule has 0 spiro atoms. The first-order valence-corrected chi connectivity index (χ1v) is 5.20. The van der Waals surface area contributed by atoms with Gasteiger partial charge in [0.15, 0.2) is 5.78 Å². The van der Waals surface area contributed by atoms with E-state index in [4.69, 9.17) is 0 Å². The molecule has 4 heteroatoms. The van der Waals surface area contributed by atoms with Crippen molar-refractivity contribution in [1.82, 2.24) is 9.55 Å². The second kappa shape index (κ2) is 3.75. The van der Waals surface area contributed by atoms with Crippen molar-refractivity contribution in [2.45, 2.75) is 13.5 Å². The Hall–Kier alpha value is -1.42. The molecule has 0 fully saturated rings. The Labute approximate surface area is 86.0 Å². The fourth-order valence-electron chi connectivity index (χ4n) is 1.24. The van der Waals surface area contributed by atoms with Crippen LogP contribution in [-0.4, -0.2) is 15.3 Å². The summed E-state index contributed by atoms with van der Waals surface area (Å²) in [7, 11) is 0. The number of imidazole rings is 1. The Morgan fingerprint density at radius 2 is 2.50 bits per heavy atom. The molecule has 2 heterocycles. The number of hydrogen-bond acceptors (Lipinski definition) is 3. The number of nitrogens with zero attached hydrogens (tertiary/aromatic N) is 2. The molecule has 0 radical (unpaired) electrons. The first-order valence-electron chi connectivity index (χ1n) is 4.32. The van der Waals surface area contributed by atoms with E-state index in [2.05, 4.69) is 4.98 Å². The highest BCUT2D eigenvalue weighted by Crippen LogP contribution is 2.10. The van der Waals surface area contributed by atoms with E-state index in [0.29, 0.717) is 6.54 Å². The second-order valence-electron chi connectivity index (χ2n) is 3.00. The summed E-state index contributed by atoms with van der Waals surface area (Å²) in [4.78, 5) is 16.6. The Morgan fingerprint density at radius 1 is 1.64 bits per heavy atom. The number of aryl methyl sites for hydroxylation is 1. The molecule has 2 aromatic heterocycles. The lowest BCUT2D eigenvalue weighted by Gasteiger charge is -2.01. The van der Waals surface area contributed by atoms with Crippen molar-refractivity contribution in [3.63, 3.8) is 0 Å². The molecule has 0 aliphatic heterocycles. The summed E-state index contributed by atoms with van der Waals surface area (Å²) in [5.41, 5.74) is 0. The van der Waals surface area contributed by atoms with E-state index in [1.807, 2.05) is 35.2 Å². The number of thiophene rings is 1. The third-order valence-corrected chi connectivity index (χ3v) is 2.94. The summed E-state index contributed by atoms with van der Waals surface area (Å²) >= 11 is 1.48. The van der Waals surface area contributed by atoms with Crippen LogP contribution >= 0.6 is 11.3 Å². The van der Waals surface area contributed by atoms with Gasteiger partial charge in [-0.05, 0) is 18.4 Å². The smallest absolute Gasteiger partial charge is 0.192 e. The van der Waals surface area contributed by atoms with Gasteiger partial charge in [0, 0.05) is 12.4 Å². The molecular weight excluding hydrogens is 196 g/mol. The largest absolute Gasteiger partial charge is 0.327 e. The summed E-state index contributed by atoms with van der Waals surface area (Å²) in [6.45, 7) is 2.27. The zero-order chi connectivity index (χ0) is 9.97. The van der Waals surface area contributed by atoms with Gasteiger partial charge in [0.1, 0.15) is 5.82 Å². The molecule has 0 amide bonds. The number of carbonyl (C=O) groups excluding carboxylic acids is 1. The summed E-state index contributed by atoms with van der Waals surface area (Å²) in [5, 5.41) is 1.91. The van der Waals surface area contributed by atoms with Gasteiger partial charge in [-0.3, -0.25) is 4.79 Å². The number of Topliss-reactive ketones (excluding diaryl/α,β-unsaturated/α-hetero) is 1. The fourth-order valence-corrected chi connectivity index (χ4v) is 1.90. The van der Waals surface area contributed by atoms with Crippen molar-refractivity contribution in [3.8, 4) is 0 Å². The van der Waals surface area contributed by atoms with Gasteiger partial charge in [-0.25, -0.2) is 4.98 Å². The van der Waals surface area contributed by atoms with Crippen LogP contribution in [0.25, 0.3) is 0 Å². The van der Waals surface area contributed by atoms with Gasteiger partial charge in [0.05, 0.1) is 11.4 Å². The average molecular weight is 206 g/mol. The second-order valence-corrected chi connectivity index (χ2v) is 3.95. The zero-order valence-corrected chi connectivity index (χ0v) is 8.62. The lowest BCUT2D eigenvalue weighted by atomic mass is 10.3. The van der Waals surface area contributed by atoms with Crippen LogP contribution in [0.3, 0.4) is 0 Å². The quantitative estimate of drug-likeness (QED) is 0.721. The molecule has 0 saturated heterocycles. The lowest BCUT2D eigenvalue weighted by Crippen LogP contribution is -2.09. The summed E-state index contributed by atoms with van der Waals surface area (Å²) in [6, 6.07) is 3.73. The molecule has 3 nitrogen and oxygen atoms in total. The molecule has 0 aliphatic rings. The van der Waals surface area contributed by atoms with Gasteiger partial charge >= 0.3 is 0 Å². The molecular formula is C10H10N2OS. The minimum Gasteiger partial charge on any atom is -0.327 e. The molecule has 0 saturated carbocycles. The topological polar surface area (TPSA) is 34.9 Å². The maximum Gasteiger partial charge on any atom is 0.192 e. The van der Waals surface area contributed by atoms with Gasteiger partial charge in [0.25, 0.3) is 0 Å². The number of rotatable bonds is 3. The highest BCUT2D eigenvalue weighted by Gasteiger charge is 2.08. The molecule has 0 unspecified atom stereocenters. The summed E-state index contributed by atoms with van der Waals surface area (Å²) in [6.07, 6.45) is 3.53. The normalized spacial score (nSPS) is 10.4. The average Bonchev–Trinajstić information content (AvgIpc) is 2.77. The summed E-state index contributed by atoms with van der Waals surface area (Å²) < 4.78 is 1.85. The molecule has 2 rings (SSSR count). The van der Waals surface area contributed by atoms with Gasteiger partial charge in [-0.2, -0.15) is 0 Å². The first kappa shape index (κ1) is 9.15. The molecule has 0 N–H and O–H groups in total. The van der Waals surface area contributed by atoms with Crippen LogP contribution in [0.15, 0.2) is 29.9 Å². The van der Waals surface area contributed by atoms with Crippen LogP contribution < -0.4 is 0 Å². The predicted octanol–water partition coefficient (Wildman–Crippen LogP) is 2.14. The van der Waals surface area contributed by atoms with E-state index in [1.165, 1.54) is 11.3 Å². The highest BCUT2D eigenvalue weighted by molar-refractivity contribution is 7.12. The number of ketones is 1. The van der Waals surface area contributed by atoms with E-state index < -0.39 is 0 Å². The van der Waals surface area contributed by atoms with Crippen molar-refractivity contribution in [1.29, 1.82) is 0 Å². The van der Waals surface area contributed by atoms with Crippen LogP contribution in [0.2, 0.25) is 0 Å². The van der Waals surface area contributed by atoms with Crippen molar-refractivity contribution in [2.75, 3.05) is 0 Å². The van der Waals surface area contributed by atoms with E-state index in [-0.39, 0.29) is 5.78 Å². The van der Waals surface area contributed by atoms with E-state index in [9.17, 15) is 4.79 Å². The van der Waals surface area contributed by atoms with E-state index in [1.54, 1.807) is 6.20 Å². The van der Waals surface area contributed by atoms with Gasteiger partial charge < -0.3 is 4.57 Å². The van der Waals surface area contributed by atoms with Crippen LogP contribution in [0, 0.1) is 6.92 Å². The summed E-state index contributed by atoms with van der Waals surface area (Å²) in [5.74, 6) is 1.01. The SMILES string of the molecule is Cc1nccn1CC(=O)c1cccs1.